The van der Waals surface area contributed by atoms with Gasteiger partial charge in [-0.05, 0) is 55.5 Å². The van der Waals surface area contributed by atoms with Crippen LogP contribution in [-0.4, -0.2) is 50.4 Å². The Hall–Kier alpha value is -4.21. The molecule has 1 fully saturated rings. The van der Waals surface area contributed by atoms with E-state index in [9.17, 15) is 14.4 Å². The number of pyridine rings is 1. The molecule has 1 unspecified atom stereocenters. The number of nitrogens with two attached hydrogens (primary N) is 1. The lowest BCUT2D eigenvalue weighted by Gasteiger charge is -2.45. The number of urea groups is 1. The van der Waals surface area contributed by atoms with Crippen molar-refractivity contribution in [3.8, 4) is 0 Å². The minimum absolute atomic E-state index is 0.258. The van der Waals surface area contributed by atoms with Gasteiger partial charge in [0, 0.05) is 32.7 Å². The summed E-state index contributed by atoms with van der Waals surface area (Å²) in [6, 6.07) is 7.62. The zero-order valence-electron chi connectivity index (χ0n) is 21.8. The molecule has 194 valence electrons. The van der Waals surface area contributed by atoms with Gasteiger partial charge in [0.15, 0.2) is 0 Å². The smallest absolute Gasteiger partial charge is 0.325 e. The molecular weight excluding hydrogens is 470 g/mol. The van der Waals surface area contributed by atoms with Crippen LogP contribution in [0.2, 0.25) is 0 Å². The third kappa shape index (κ3) is 5.04. The van der Waals surface area contributed by atoms with Gasteiger partial charge in [0.1, 0.15) is 11.9 Å². The van der Waals surface area contributed by atoms with Crippen molar-refractivity contribution in [2.24, 2.45) is 13.0 Å². The Morgan fingerprint density at radius 2 is 1.92 bits per heavy atom. The molecule has 0 radical (unpaired) electrons. The Morgan fingerprint density at radius 3 is 2.57 bits per heavy atom. The molecule has 0 spiro atoms. The first kappa shape index (κ1) is 25.9. The number of imide groups is 1. The number of imidazole rings is 1. The standard InChI is InChI=1S/C27H33N7O3/c1-6-21(19-13-16(2)7-8-17(19)3)31-27(37)34-23(25(36)33(5)26-30-11-12-32(26)4)20(24(34)35)14-18-9-10-29-22(28)15-18/h7-13,15,20-21,23H,6,14H2,1-5H3,(H2,28,29)(H,31,37)/t20-,21?,23+/m1/s1. The summed E-state index contributed by atoms with van der Waals surface area (Å²) in [5, 5.41) is 2.99. The molecule has 3 atom stereocenters. The highest BCUT2D eigenvalue weighted by Gasteiger charge is 2.55. The minimum Gasteiger partial charge on any atom is -0.384 e. The van der Waals surface area contributed by atoms with Crippen LogP contribution in [0, 0.1) is 19.8 Å². The summed E-state index contributed by atoms with van der Waals surface area (Å²) in [6.07, 6.45) is 5.76. The molecule has 0 aliphatic carbocycles. The number of aryl methyl sites for hydroxylation is 3. The van der Waals surface area contributed by atoms with Gasteiger partial charge in [-0.1, -0.05) is 30.7 Å². The number of rotatable bonds is 7. The quantitative estimate of drug-likeness (QED) is 0.478. The van der Waals surface area contributed by atoms with Crippen molar-refractivity contribution in [2.45, 2.75) is 45.7 Å². The van der Waals surface area contributed by atoms with Crippen molar-refractivity contribution in [3.63, 3.8) is 0 Å². The van der Waals surface area contributed by atoms with Crippen LogP contribution >= 0.6 is 0 Å². The summed E-state index contributed by atoms with van der Waals surface area (Å²) in [5.41, 5.74) is 9.70. The van der Waals surface area contributed by atoms with Gasteiger partial charge in [0.25, 0.3) is 5.91 Å². The number of hydrogen-bond donors (Lipinski definition) is 2. The zero-order valence-corrected chi connectivity index (χ0v) is 21.8. The van der Waals surface area contributed by atoms with Crippen molar-refractivity contribution >= 4 is 29.6 Å². The molecule has 1 saturated heterocycles. The van der Waals surface area contributed by atoms with Crippen LogP contribution in [0.5, 0.6) is 0 Å². The van der Waals surface area contributed by atoms with Crippen LogP contribution in [-0.2, 0) is 23.1 Å². The first-order valence-corrected chi connectivity index (χ1v) is 12.3. The van der Waals surface area contributed by atoms with Gasteiger partial charge in [-0.15, -0.1) is 0 Å². The largest absolute Gasteiger partial charge is 0.384 e. The second-order valence-electron chi connectivity index (χ2n) is 9.56. The van der Waals surface area contributed by atoms with Crippen molar-refractivity contribution < 1.29 is 14.4 Å². The lowest BCUT2D eigenvalue weighted by atomic mass is 9.81. The fourth-order valence-corrected chi connectivity index (χ4v) is 4.86. The molecule has 0 saturated carbocycles. The van der Waals surface area contributed by atoms with E-state index in [-0.39, 0.29) is 12.5 Å². The highest BCUT2D eigenvalue weighted by Crippen LogP contribution is 2.33. The van der Waals surface area contributed by atoms with E-state index in [1.54, 1.807) is 49.4 Å². The molecule has 37 heavy (non-hydrogen) atoms. The molecule has 3 heterocycles. The van der Waals surface area contributed by atoms with Gasteiger partial charge in [-0.2, -0.15) is 0 Å². The van der Waals surface area contributed by atoms with Crippen molar-refractivity contribution in [1.29, 1.82) is 0 Å². The number of aromatic nitrogens is 3. The molecule has 10 nitrogen and oxygen atoms in total. The number of nitrogens with one attached hydrogen (secondary N) is 1. The van der Waals surface area contributed by atoms with Crippen molar-refractivity contribution in [2.75, 3.05) is 17.7 Å². The number of amides is 4. The molecule has 4 rings (SSSR count). The monoisotopic (exact) mass is 503 g/mol. The SMILES string of the molecule is CCC(NC(=O)N1C(=O)[C@H](Cc2ccnc(N)c2)[C@H]1C(=O)N(C)c1nccn1C)c1cc(C)ccc1C. The number of anilines is 2. The maximum atomic E-state index is 13.7. The lowest BCUT2D eigenvalue weighted by molar-refractivity contribution is -0.156. The lowest BCUT2D eigenvalue weighted by Crippen LogP contribution is -2.70. The average Bonchev–Trinajstić information content (AvgIpc) is 3.30. The van der Waals surface area contributed by atoms with Gasteiger partial charge in [-0.25, -0.2) is 14.8 Å². The van der Waals surface area contributed by atoms with E-state index in [0.29, 0.717) is 18.2 Å². The second-order valence-corrected chi connectivity index (χ2v) is 9.56. The Labute approximate surface area is 216 Å². The molecular formula is C27H33N7O3. The number of nitrogens with zero attached hydrogens (tertiary/aromatic N) is 5. The van der Waals surface area contributed by atoms with Gasteiger partial charge >= 0.3 is 6.03 Å². The zero-order chi connectivity index (χ0) is 26.9. The first-order valence-electron chi connectivity index (χ1n) is 12.3. The third-order valence-corrected chi connectivity index (χ3v) is 6.93. The predicted molar refractivity (Wildman–Crippen MR) is 141 cm³/mol. The van der Waals surface area contributed by atoms with E-state index < -0.39 is 29.8 Å². The molecule has 3 N–H and O–H groups in total. The Balaban J connectivity index is 1.62. The van der Waals surface area contributed by atoms with E-state index in [2.05, 4.69) is 15.3 Å². The fraction of sp³-hybridized carbons (Fsp3) is 0.370. The number of carbonyl (C=O) groups excluding carboxylic acids is 3. The van der Waals surface area contributed by atoms with E-state index in [4.69, 9.17) is 5.73 Å². The molecule has 2 aromatic heterocycles. The Kier molecular flexibility index (Phi) is 7.28. The molecule has 0 bridgehead atoms. The van der Waals surface area contributed by atoms with Crippen LogP contribution in [0.25, 0.3) is 0 Å². The number of hydrogen-bond acceptors (Lipinski definition) is 6. The highest BCUT2D eigenvalue weighted by molar-refractivity contribution is 6.12. The van der Waals surface area contributed by atoms with E-state index in [0.717, 1.165) is 27.2 Å². The molecule has 4 amide bonds. The van der Waals surface area contributed by atoms with E-state index in [1.165, 1.54) is 4.90 Å². The maximum Gasteiger partial charge on any atom is 0.325 e. The third-order valence-electron chi connectivity index (χ3n) is 6.93. The predicted octanol–water partition coefficient (Wildman–Crippen LogP) is 2.91. The maximum absolute atomic E-state index is 13.7. The van der Waals surface area contributed by atoms with Crippen LogP contribution in [0.4, 0.5) is 16.6 Å². The summed E-state index contributed by atoms with van der Waals surface area (Å²) in [5.74, 6) is -0.778. The van der Waals surface area contributed by atoms with Gasteiger partial charge < -0.3 is 15.6 Å². The topological polar surface area (TPSA) is 126 Å². The van der Waals surface area contributed by atoms with E-state index >= 15 is 0 Å². The second kappa shape index (κ2) is 10.4. The summed E-state index contributed by atoms with van der Waals surface area (Å²) in [6.45, 7) is 5.96. The summed E-state index contributed by atoms with van der Waals surface area (Å²) in [7, 11) is 3.37. The van der Waals surface area contributed by atoms with E-state index in [1.807, 2.05) is 39.0 Å². The normalized spacial score (nSPS) is 17.8. The summed E-state index contributed by atoms with van der Waals surface area (Å²) in [4.78, 5) is 51.2. The van der Waals surface area contributed by atoms with Crippen molar-refractivity contribution in [1.82, 2.24) is 24.8 Å². The average molecular weight is 504 g/mol. The number of likely N-dealkylation sites (tertiary alicyclic amines) is 1. The number of carbonyl (C=O) groups is 3. The summed E-state index contributed by atoms with van der Waals surface area (Å²) < 4.78 is 1.70. The molecule has 1 aliphatic rings. The Morgan fingerprint density at radius 1 is 1.16 bits per heavy atom. The van der Waals surface area contributed by atoms with Gasteiger partial charge in [0.2, 0.25) is 11.9 Å². The van der Waals surface area contributed by atoms with Gasteiger partial charge in [-0.3, -0.25) is 19.4 Å². The minimum atomic E-state index is -0.986. The first-order chi connectivity index (χ1) is 17.6. The van der Waals surface area contributed by atoms with Crippen molar-refractivity contribution in [3.05, 3.63) is 71.2 Å². The molecule has 1 aromatic carbocycles. The van der Waals surface area contributed by atoms with Gasteiger partial charge in [0.05, 0.1) is 12.0 Å². The molecule has 3 aromatic rings. The van der Waals surface area contributed by atoms with Crippen LogP contribution in [0.1, 0.15) is 41.6 Å². The van der Waals surface area contributed by atoms with Crippen LogP contribution < -0.4 is 16.0 Å². The molecule has 10 heteroatoms. The number of β-lactam (4-membered cyclic amide) rings is 1. The molecule has 1 aliphatic heterocycles. The fourth-order valence-electron chi connectivity index (χ4n) is 4.86. The highest BCUT2D eigenvalue weighted by atomic mass is 16.2. The summed E-state index contributed by atoms with van der Waals surface area (Å²) >= 11 is 0. The number of nitrogen functional groups attached to an aromatic ring is 1. The Bertz CT molecular complexity index is 1340. The number of benzene rings is 1. The number of likely N-dealkylation sites (N-methyl/N-ethyl adjacent to an activating group) is 1. The van der Waals surface area contributed by atoms with Crippen LogP contribution in [0.15, 0.2) is 48.9 Å². The van der Waals surface area contributed by atoms with Crippen LogP contribution in [0.3, 0.4) is 0 Å².